The van der Waals surface area contributed by atoms with Gasteiger partial charge in [-0.3, -0.25) is 0 Å². The largest absolute Gasteiger partial charge is 0.309 e. The van der Waals surface area contributed by atoms with Gasteiger partial charge in [-0.2, -0.15) is 0 Å². The number of hydrogen-bond donors (Lipinski definition) is 1. The van der Waals surface area contributed by atoms with Crippen LogP contribution < -0.4 is 5.32 Å². The summed E-state index contributed by atoms with van der Waals surface area (Å²) in [4.78, 5) is 6.03. The van der Waals surface area contributed by atoms with Gasteiger partial charge < -0.3 is 5.32 Å². The molecule has 2 nitrogen and oxygen atoms in total. The number of nitrogens with one attached hydrogen (secondary N) is 1. The highest BCUT2D eigenvalue weighted by atomic mass is 35.5. The molecule has 2 heterocycles. The van der Waals surface area contributed by atoms with Gasteiger partial charge in [0.15, 0.2) is 0 Å². The fourth-order valence-corrected chi connectivity index (χ4v) is 4.58. The first-order valence-corrected chi connectivity index (χ1v) is 9.38. The molecule has 0 saturated carbocycles. The molecule has 0 aliphatic heterocycles. The number of rotatable bonds is 5. The number of hydrogen-bond acceptors (Lipinski definition) is 4. The zero-order chi connectivity index (χ0) is 15.6. The third kappa shape index (κ3) is 4.07. The smallest absolute Gasteiger partial charge is 0.0947 e. The van der Waals surface area contributed by atoms with E-state index in [-0.39, 0.29) is 11.5 Å². The van der Waals surface area contributed by atoms with Crippen molar-refractivity contribution in [1.29, 1.82) is 0 Å². The Hall–Kier alpha value is -0.420. The fourth-order valence-electron chi connectivity index (χ4n) is 2.11. The minimum absolute atomic E-state index is 0.111. The van der Waals surface area contributed by atoms with Crippen molar-refractivity contribution < 1.29 is 0 Å². The molecule has 2 aromatic rings. The minimum Gasteiger partial charge on any atom is -0.309 e. The van der Waals surface area contributed by atoms with E-state index in [1.807, 2.05) is 0 Å². The lowest BCUT2D eigenvalue weighted by Crippen LogP contribution is -2.22. The highest BCUT2D eigenvalue weighted by Gasteiger charge is 2.22. The molecule has 0 aliphatic carbocycles. The molecule has 0 fully saturated rings. The van der Waals surface area contributed by atoms with Crippen LogP contribution in [0.2, 0.25) is 5.02 Å². The van der Waals surface area contributed by atoms with E-state index in [4.69, 9.17) is 16.6 Å². The fraction of sp³-hybridized carbons (Fsp3) is 0.562. The first kappa shape index (κ1) is 16.9. The summed E-state index contributed by atoms with van der Waals surface area (Å²) < 4.78 is 0. The van der Waals surface area contributed by atoms with Crippen molar-refractivity contribution >= 4 is 34.3 Å². The molecule has 0 saturated heterocycles. The summed E-state index contributed by atoms with van der Waals surface area (Å²) in [6, 6.07) is 0.250. The molecule has 1 unspecified atom stereocenters. The van der Waals surface area contributed by atoms with E-state index in [2.05, 4.69) is 50.7 Å². The van der Waals surface area contributed by atoms with Gasteiger partial charge in [0.2, 0.25) is 0 Å². The van der Waals surface area contributed by atoms with Gasteiger partial charge in [-0.05, 0) is 24.4 Å². The van der Waals surface area contributed by atoms with Crippen molar-refractivity contribution in [3.8, 4) is 0 Å². The number of thiazole rings is 1. The zero-order valence-corrected chi connectivity index (χ0v) is 15.7. The van der Waals surface area contributed by atoms with Crippen molar-refractivity contribution in [1.82, 2.24) is 10.3 Å². The normalized spacial score (nSPS) is 13.6. The number of nitrogens with zero attached hydrogens (tertiary/aromatic N) is 1. The molecule has 1 atom stereocenters. The maximum absolute atomic E-state index is 6.44. The van der Waals surface area contributed by atoms with Gasteiger partial charge in [0.1, 0.15) is 0 Å². The molecule has 0 aromatic carbocycles. The molecular formula is C16H23ClN2S2. The van der Waals surface area contributed by atoms with E-state index >= 15 is 0 Å². The monoisotopic (exact) mass is 342 g/mol. The Morgan fingerprint density at radius 2 is 2.00 bits per heavy atom. The summed E-state index contributed by atoms with van der Waals surface area (Å²) in [5.41, 5.74) is 2.44. The number of thiophene rings is 1. The van der Waals surface area contributed by atoms with Gasteiger partial charge in [0.05, 0.1) is 15.7 Å². The second-order valence-corrected chi connectivity index (χ2v) is 8.52. The van der Waals surface area contributed by atoms with Crippen LogP contribution >= 0.6 is 34.3 Å². The Morgan fingerprint density at radius 3 is 2.48 bits per heavy atom. The molecule has 1 N–H and O–H groups in total. The van der Waals surface area contributed by atoms with E-state index in [1.165, 1.54) is 15.6 Å². The second-order valence-electron chi connectivity index (χ2n) is 6.29. The number of aromatic nitrogens is 1. The third-order valence-corrected chi connectivity index (χ3v) is 6.09. The summed E-state index contributed by atoms with van der Waals surface area (Å²) in [5, 5.41) is 9.93. The van der Waals surface area contributed by atoms with E-state index in [1.54, 1.807) is 22.7 Å². The summed E-state index contributed by atoms with van der Waals surface area (Å²) >= 11 is 9.92. The van der Waals surface area contributed by atoms with Crippen molar-refractivity contribution in [2.75, 3.05) is 6.54 Å². The Morgan fingerprint density at radius 1 is 1.29 bits per heavy atom. The molecule has 2 aromatic heterocycles. The molecule has 5 heteroatoms. The first-order valence-electron chi connectivity index (χ1n) is 7.24. The van der Waals surface area contributed by atoms with Crippen LogP contribution in [0.25, 0.3) is 0 Å². The van der Waals surface area contributed by atoms with Crippen LogP contribution in [0.1, 0.15) is 54.9 Å². The molecule has 0 bridgehead atoms. The molecule has 21 heavy (non-hydrogen) atoms. The predicted molar refractivity (Wildman–Crippen MR) is 95.0 cm³/mol. The van der Waals surface area contributed by atoms with Gasteiger partial charge in [-0.25, -0.2) is 4.98 Å². The summed E-state index contributed by atoms with van der Waals surface area (Å²) in [7, 11) is 0. The standard InChI is InChI=1S/C16H23ClN2S2/c1-6-18-11(15-14(17)10(2)8-21-15)7-13-19-12(9-20-13)16(3,4)5/h8-9,11,18H,6-7H2,1-5H3. The molecular weight excluding hydrogens is 320 g/mol. The average Bonchev–Trinajstić information content (AvgIpc) is 2.98. The Bertz CT molecular complexity index is 596. The highest BCUT2D eigenvalue weighted by molar-refractivity contribution is 7.11. The quantitative estimate of drug-likeness (QED) is 0.791. The molecule has 0 aliphatic rings. The van der Waals surface area contributed by atoms with Gasteiger partial charge in [0.25, 0.3) is 0 Å². The number of aryl methyl sites for hydroxylation is 1. The van der Waals surface area contributed by atoms with E-state index in [9.17, 15) is 0 Å². The second kappa shape index (κ2) is 6.78. The van der Waals surface area contributed by atoms with Gasteiger partial charge in [0, 0.05) is 28.1 Å². The molecule has 116 valence electrons. The molecule has 0 amide bonds. The van der Waals surface area contributed by atoms with E-state index < -0.39 is 0 Å². The maximum atomic E-state index is 6.44. The molecule has 0 radical (unpaired) electrons. The van der Waals surface area contributed by atoms with Crippen LogP contribution in [0.4, 0.5) is 0 Å². The van der Waals surface area contributed by atoms with Crippen molar-refractivity contribution in [2.24, 2.45) is 0 Å². The topological polar surface area (TPSA) is 24.9 Å². The van der Waals surface area contributed by atoms with E-state index in [0.29, 0.717) is 0 Å². The first-order chi connectivity index (χ1) is 9.82. The lowest BCUT2D eigenvalue weighted by Gasteiger charge is -2.17. The highest BCUT2D eigenvalue weighted by Crippen LogP contribution is 2.35. The Labute approximate surface area is 140 Å². The zero-order valence-electron chi connectivity index (χ0n) is 13.3. The summed E-state index contributed by atoms with van der Waals surface area (Å²) in [6.07, 6.45) is 0.897. The maximum Gasteiger partial charge on any atom is 0.0947 e. The summed E-state index contributed by atoms with van der Waals surface area (Å²) in [5.74, 6) is 0. The summed E-state index contributed by atoms with van der Waals surface area (Å²) in [6.45, 7) is 11.7. The van der Waals surface area contributed by atoms with Gasteiger partial charge in [-0.1, -0.05) is 39.3 Å². The molecule has 0 spiro atoms. The van der Waals surface area contributed by atoms with Crippen LogP contribution in [0.15, 0.2) is 10.8 Å². The van der Waals surface area contributed by atoms with Gasteiger partial charge >= 0.3 is 0 Å². The van der Waals surface area contributed by atoms with Crippen LogP contribution in [0.3, 0.4) is 0 Å². The Balaban J connectivity index is 2.21. The van der Waals surface area contributed by atoms with Gasteiger partial charge in [-0.15, -0.1) is 22.7 Å². The van der Waals surface area contributed by atoms with Crippen molar-refractivity contribution in [3.05, 3.63) is 36.9 Å². The van der Waals surface area contributed by atoms with Crippen LogP contribution in [0.5, 0.6) is 0 Å². The number of halogens is 1. The SMILES string of the molecule is CCNC(Cc1nc(C(C)(C)C)cs1)c1scc(C)c1Cl. The average molecular weight is 343 g/mol. The van der Waals surface area contributed by atoms with Crippen LogP contribution in [0, 0.1) is 6.92 Å². The lowest BCUT2D eigenvalue weighted by molar-refractivity contribution is 0.545. The Kier molecular flexibility index (Phi) is 5.47. The van der Waals surface area contributed by atoms with Crippen LogP contribution in [-0.4, -0.2) is 11.5 Å². The molecule has 2 rings (SSSR count). The predicted octanol–water partition coefficient (Wildman–Crippen LogP) is 5.36. The minimum atomic E-state index is 0.111. The lowest BCUT2D eigenvalue weighted by atomic mass is 9.93. The third-order valence-electron chi connectivity index (χ3n) is 3.39. The number of likely N-dealkylation sites (N-methyl/N-ethyl adjacent to an activating group) is 1. The van der Waals surface area contributed by atoms with Crippen LogP contribution in [-0.2, 0) is 11.8 Å². The van der Waals surface area contributed by atoms with Crippen molar-refractivity contribution in [2.45, 2.75) is 52.5 Å². The van der Waals surface area contributed by atoms with Crippen molar-refractivity contribution in [3.63, 3.8) is 0 Å². The van der Waals surface area contributed by atoms with E-state index in [0.717, 1.165) is 23.6 Å².